The van der Waals surface area contributed by atoms with Gasteiger partial charge in [-0.2, -0.15) is 0 Å². The molecule has 0 aromatic carbocycles. The molecule has 0 saturated heterocycles. The van der Waals surface area contributed by atoms with Crippen LogP contribution in [0.1, 0.15) is 33.1 Å². The van der Waals surface area contributed by atoms with E-state index in [1.54, 1.807) is 13.3 Å². The first-order valence-corrected chi connectivity index (χ1v) is 9.69. The zero-order chi connectivity index (χ0) is 11.2. The molecular formula is C9H22O3P2. The Morgan fingerprint density at radius 2 is 1.43 bits per heavy atom. The summed E-state index contributed by atoms with van der Waals surface area (Å²) in [5.74, 6) is 0. The highest BCUT2D eigenvalue weighted by atomic mass is 31.2. The van der Waals surface area contributed by atoms with Gasteiger partial charge in [0.15, 0.2) is 0 Å². The standard InChI is InChI=1S/C9H22O3P2/c1-5-7-9-14(4,11)12-13(3,10)8-6-2/h5-9H2,1-4H3. The highest BCUT2D eigenvalue weighted by Gasteiger charge is 2.25. The molecule has 2 unspecified atom stereocenters. The van der Waals surface area contributed by atoms with E-state index in [1.807, 2.05) is 13.8 Å². The van der Waals surface area contributed by atoms with Crippen molar-refractivity contribution in [1.29, 1.82) is 0 Å². The minimum atomic E-state index is -2.62. The molecule has 0 N–H and O–H groups in total. The summed E-state index contributed by atoms with van der Waals surface area (Å²) in [5.41, 5.74) is 0. The van der Waals surface area contributed by atoms with E-state index in [0.29, 0.717) is 12.3 Å². The third kappa shape index (κ3) is 6.81. The third-order valence-corrected chi connectivity index (χ3v) is 7.04. The van der Waals surface area contributed by atoms with Crippen molar-refractivity contribution in [3.8, 4) is 0 Å². The Hall–Kier alpha value is 0.420. The molecule has 2 atom stereocenters. The minimum Gasteiger partial charge on any atom is -0.293 e. The van der Waals surface area contributed by atoms with Crippen LogP contribution < -0.4 is 0 Å². The van der Waals surface area contributed by atoms with Gasteiger partial charge >= 0.3 is 0 Å². The van der Waals surface area contributed by atoms with E-state index in [-0.39, 0.29) is 0 Å². The summed E-state index contributed by atoms with van der Waals surface area (Å²) in [7, 11) is -5.24. The first-order valence-electron chi connectivity index (χ1n) is 5.17. The second-order valence-corrected chi connectivity index (χ2v) is 9.51. The van der Waals surface area contributed by atoms with Crippen molar-refractivity contribution in [3.63, 3.8) is 0 Å². The smallest absolute Gasteiger partial charge is 0.205 e. The average molecular weight is 240 g/mol. The first-order chi connectivity index (χ1) is 6.33. The summed E-state index contributed by atoms with van der Waals surface area (Å²) in [5, 5.41) is 0. The molecule has 0 rings (SSSR count). The number of hydrogen-bond acceptors (Lipinski definition) is 3. The number of unbranched alkanes of at least 4 members (excludes halogenated alkanes) is 1. The first kappa shape index (κ1) is 14.4. The quantitative estimate of drug-likeness (QED) is 0.631. The summed E-state index contributed by atoms with van der Waals surface area (Å²) in [6, 6.07) is 0. The molecule has 5 heteroatoms. The van der Waals surface area contributed by atoms with Crippen molar-refractivity contribution in [2.45, 2.75) is 33.1 Å². The second kappa shape index (κ2) is 6.10. The van der Waals surface area contributed by atoms with Crippen LogP contribution in [0.3, 0.4) is 0 Å². The summed E-state index contributed by atoms with van der Waals surface area (Å²) < 4.78 is 28.9. The summed E-state index contributed by atoms with van der Waals surface area (Å²) in [6.45, 7) is 7.16. The van der Waals surface area contributed by atoms with Crippen LogP contribution in [-0.2, 0) is 13.4 Å². The van der Waals surface area contributed by atoms with E-state index in [2.05, 4.69) is 0 Å². The lowest BCUT2D eigenvalue weighted by atomic mass is 10.4. The molecule has 0 aliphatic heterocycles. The van der Waals surface area contributed by atoms with Crippen molar-refractivity contribution in [2.24, 2.45) is 0 Å². The van der Waals surface area contributed by atoms with Gasteiger partial charge < -0.3 is 0 Å². The Balaban J connectivity index is 4.20. The molecule has 0 aromatic heterocycles. The van der Waals surface area contributed by atoms with Crippen molar-refractivity contribution >= 4 is 14.7 Å². The van der Waals surface area contributed by atoms with Crippen LogP contribution in [0.4, 0.5) is 0 Å². The Morgan fingerprint density at radius 1 is 0.929 bits per heavy atom. The normalized spacial score (nSPS) is 20.0. The van der Waals surface area contributed by atoms with E-state index >= 15 is 0 Å². The monoisotopic (exact) mass is 240 g/mol. The fourth-order valence-corrected chi connectivity index (χ4v) is 6.58. The van der Waals surface area contributed by atoms with Gasteiger partial charge in [0.2, 0.25) is 14.7 Å². The predicted octanol–water partition coefficient (Wildman–Crippen LogP) is 4.03. The van der Waals surface area contributed by atoms with Crippen molar-refractivity contribution < 1.29 is 13.4 Å². The number of hydrogen-bond donors (Lipinski definition) is 0. The maximum absolute atomic E-state index is 11.9. The minimum absolute atomic E-state index is 0.525. The molecule has 0 aliphatic carbocycles. The SMILES string of the molecule is CCCCP(C)(=O)OP(C)(=O)CCC. The lowest BCUT2D eigenvalue weighted by Crippen LogP contribution is -1.95. The summed E-state index contributed by atoms with van der Waals surface area (Å²) in [4.78, 5) is 0. The molecule has 0 spiro atoms. The van der Waals surface area contributed by atoms with Gasteiger partial charge in [-0.3, -0.25) is 13.4 Å². The maximum Gasteiger partial charge on any atom is 0.205 e. The molecule has 0 aliphatic rings. The molecule has 3 nitrogen and oxygen atoms in total. The molecule has 0 fully saturated rings. The molecule has 0 radical (unpaired) electrons. The van der Waals surface area contributed by atoms with E-state index in [9.17, 15) is 9.13 Å². The average Bonchev–Trinajstić information content (AvgIpc) is 1.98. The van der Waals surface area contributed by atoms with Crippen molar-refractivity contribution in [2.75, 3.05) is 25.7 Å². The summed E-state index contributed by atoms with van der Waals surface area (Å²) in [6.07, 6.45) is 3.74. The van der Waals surface area contributed by atoms with Gasteiger partial charge in [0.25, 0.3) is 0 Å². The van der Waals surface area contributed by atoms with Crippen LogP contribution in [0.15, 0.2) is 0 Å². The van der Waals surface area contributed by atoms with Crippen LogP contribution in [0.25, 0.3) is 0 Å². The molecule has 0 saturated carbocycles. The Kier molecular flexibility index (Phi) is 6.28. The van der Waals surface area contributed by atoms with E-state index in [4.69, 9.17) is 4.31 Å². The van der Waals surface area contributed by atoms with Crippen molar-refractivity contribution in [1.82, 2.24) is 0 Å². The molecule has 0 heterocycles. The molecule has 86 valence electrons. The topological polar surface area (TPSA) is 43.4 Å². The molecule has 0 aromatic rings. The third-order valence-electron chi connectivity index (χ3n) is 1.89. The Morgan fingerprint density at radius 3 is 1.86 bits per heavy atom. The van der Waals surface area contributed by atoms with Crippen LogP contribution in [-0.4, -0.2) is 25.7 Å². The van der Waals surface area contributed by atoms with Gasteiger partial charge in [-0.25, -0.2) is 0 Å². The van der Waals surface area contributed by atoms with Gasteiger partial charge in [-0.15, -0.1) is 0 Å². The van der Waals surface area contributed by atoms with E-state index in [1.165, 1.54) is 0 Å². The van der Waals surface area contributed by atoms with Gasteiger partial charge in [-0.1, -0.05) is 20.3 Å². The van der Waals surface area contributed by atoms with E-state index in [0.717, 1.165) is 19.3 Å². The Labute approximate surface area is 87.5 Å². The van der Waals surface area contributed by atoms with Gasteiger partial charge in [0.05, 0.1) is 0 Å². The molecular weight excluding hydrogens is 218 g/mol. The zero-order valence-electron chi connectivity index (χ0n) is 9.65. The second-order valence-electron chi connectivity index (χ2n) is 3.91. The predicted molar refractivity (Wildman–Crippen MR) is 63.1 cm³/mol. The highest BCUT2D eigenvalue weighted by molar-refractivity contribution is 7.71. The largest absolute Gasteiger partial charge is 0.293 e. The van der Waals surface area contributed by atoms with Gasteiger partial charge in [-0.05, 0) is 12.8 Å². The van der Waals surface area contributed by atoms with Crippen LogP contribution >= 0.6 is 14.7 Å². The van der Waals surface area contributed by atoms with Crippen LogP contribution in [0.5, 0.6) is 0 Å². The van der Waals surface area contributed by atoms with E-state index < -0.39 is 14.7 Å². The van der Waals surface area contributed by atoms with Crippen LogP contribution in [0, 0.1) is 0 Å². The molecule has 0 bridgehead atoms. The Bertz CT molecular complexity index is 250. The molecule has 14 heavy (non-hydrogen) atoms. The lowest BCUT2D eigenvalue weighted by molar-refractivity contribution is 0.462. The van der Waals surface area contributed by atoms with Gasteiger partial charge in [0, 0.05) is 25.7 Å². The maximum atomic E-state index is 11.9. The fourth-order valence-electron chi connectivity index (χ4n) is 1.30. The molecule has 0 amide bonds. The summed E-state index contributed by atoms with van der Waals surface area (Å²) >= 11 is 0. The zero-order valence-corrected chi connectivity index (χ0v) is 11.4. The van der Waals surface area contributed by atoms with Crippen LogP contribution in [0.2, 0.25) is 0 Å². The van der Waals surface area contributed by atoms with Crippen molar-refractivity contribution in [3.05, 3.63) is 0 Å². The lowest BCUT2D eigenvalue weighted by Gasteiger charge is -2.19. The van der Waals surface area contributed by atoms with Gasteiger partial charge in [0.1, 0.15) is 0 Å². The highest BCUT2D eigenvalue weighted by Crippen LogP contribution is 2.60. The number of rotatable bonds is 7. The fraction of sp³-hybridized carbons (Fsp3) is 1.00.